The van der Waals surface area contributed by atoms with Gasteiger partial charge >= 0.3 is 6.18 Å². The Morgan fingerprint density at radius 2 is 1.97 bits per heavy atom. The van der Waals surface area contributed by atoms with E-state index in [4.69, 9.17) is 11.6 Å². The number of carbonyl (C=O) groups is 1. The molecule has 1 aromatic carbocycles. The molecule has 0 bridgehead atoms. The van der Waals surface area contributed by atoms with Gasteiger partial charge in [0.05, 0.1) is 23.8 Å². The zero-order valence-electron chi connectivity index (χ0n) is 16.0. The molecule has 1 aliphatic rings. The van der Waals surface area contributed by atoms with Crippen molar-refractivity contribution in [3.63, 3.8) is 0 Å². The second-order valence-electron chi connectivity index (χ2n) is 7.20. The predicted octanol–water partition coefficient (Wildman–Crippen LogP) is 4.24. The number of aryl methyl sites for hydroxylation is 1. The van der Waals surface area contributed by atoms with Crippen LogP contribution in [0.3, 0.4) is 0 Å². The molecule has 12 heteroatoms. The normalized spacial score (nSPS) is 14.1. The SMILES string of the molecule is O=C(CCn1nc(C(F)(F)F)c(Cl)c1C1CC1)Nc1ncn(Cc2ccccc2F)n1. The van der Waals surface area contributed by atoms with Crippen LogP contribution in [0.2, 0.25) is 5.02 Å². The Balaban J connectivity index is 1.38. The average Bonchev–Trinajstić information content (AvgIpc) is 3.34. The first-order valence-electron chi connectivity index (χ1n) is 9.48. The highest BCUT2D eigenvalue weighted by Gasteiger charge is 2.42. The maximum atomic E-state index is 13.7. The lowest BCUT2D eigenvalue weighted by Gasteiger charge is -2.06. The number of hydrogen-bond acceptors (Lipinski definition) is 4. The van der Waals surface area contributed by atoms with E-state index in [9.17, 15) is 22.4 Å². The van der Waals surface area contributed by atoms with Gasteiger partial charge in [-0.05, 0) is 18.9 Å². The molecule has 2 heterocycles. The van der Waals surface area contributed by atoms with Crippen LogP contribution < -0.4 is 5.32 Å². The Bertz CT molecular complexity index is 1110. The van der Waals surface area contributed by atoms with Gasteiger partial charge < -0.3 is 0 Å². The van der Waals surface area contributed by atoms with Crippen molar-refractivity contribution in [1.29, 1.82) is 0 Å². The summed E-state index contributed by atoms with van der Waals surface area (Å²) in [6, 6.07) is 6.21. The Morgan fingerprint density at radius 1 is 1.23 bits per heavy atom. The van der Waals surface area contributed by atoms with Gasteiger partial charge in [-0.3, -0.25) is 14.8 Å². The molecule has 2 aromatic heterocycles. The number of carbonyl (C=O) groups excluding carboxylic acids is 1. The lowest BCUT2D eigenvalue weighted by Crippen LogP contribution is -2.17. The summed E-state index contributed by atoms with van der Waals surface area (Å²) in [6.07, 6.45) is -1.99. The standard InChI is InChI=1S/C19H17ClF4N6O/c20-15-16(11-5-6-11)30(27-17(15)19(22,23)24)8-7-14(31)26-18-25-10-29(28-18)9-12-3-1-2-4-13(12)21/h1-4,10-11H,5-9H2,(H,26,28,31). The van der Waals surface area contributed by atoms with Gasteiger partial charge in [-0.2, -0.15) is 18.3 Å². The van der Waals surface area contributed by atoms with Crippen LogP contribution >= 0.6 is 11.6 Å². The zero-order valence-corrected chi connectivity index (χ0v) is 16.8. The number of nitrogens with zero attached hydrogens (tertiary/aromatic N) is 5. The van der Waals surface area contributed by atoms with Crippen molar-refractivity contribution in [2.24, 2.45) is 0 Å². The molecule has 0 aliphatic heterocycles. The van der Waals surface area contributed by atoms with Gasteiger partial charge in [0.15, 0.2) is 5.69 Å². The highest BCUT2D eigenvalue weighted by atomic mass is 35.5. The first kappa shape index (κ1) is 21.3. The lowest BCUT2D eigenvalue weighted by molar-refractivity contribution is -0.141. The van der Waals surface area contributed by atoms with E-state index in [1.807, 2.05) is 0 Å². The summed E-state index contributed by atoms with van der Waals surface area (Å²) in [6.45, 7) is 0.0652. The Hall–Kier alpha value is -2.95. The smallest absolute Gasteiger partial charge is 0.293 e. The molecule has 4 rings (SSSR count). The van der Waals surface area contributed by atoms with Gasteiger partial charge in [0.2, 0.25) is 11.9 Å². The molecular weight excluding hydrogens is 440 g/mol. The lowest BCUT2D eigenvalue weighted by atomic mass is 10.2. The third kappa shape index (κ3) is 4.87. The predicted molar refractivity (Wildman–Crippen MR) is 103 cm³/mol. The van der Waals surface area contributed by atoms with Crippen LogP contribution in [0.5, 0.6) is 0 Å². The molecule has 31 heavy (non-hydrogen) atoms. The van der Waals surface area contributed by atoms with Gasteiger partial charge in [-0.1, -0.05) is 29.8 Å². The first-order chi connectivity index (χ1) is 14.7. The minimum Gasteiger partial charge on any atom is -0.293 e. The molecular formula is C19H17ClF4N6O. The number of nitrogens with one attached hydrogen (secondary N) is 1. The average molecular weight is 457 g/mol. The van der Waals surface area contributed by atoms with Crippen LogP contribution in [-0.2, 0) is 24.1 Å². The van der Waals surface area contributed by atoms with Crippen molar-refractivity contribution in [2.75, 3.05) is 5.32 Å². The van der Waals surface area contributed by atoms with Crippen LogP contribution in [0.25, 0.3) is 0 Å². The molecule has 1 aliphatic carbocycles. The van der Waals surface area contributed by atoms with Crippen LogP contribution in [0, 0.1) is 5.82 Å². The summed E-state index contributed by atoms with van der Waals surface area (Å²) in [5.41, 5.74) is -0.409. The fourth-order valence-corrected chi connectivity index (χ4v) is 3.57. The van der Waals surface area contributed by atoms with Crippen molar-refractivity contribution in [3.8, 4) is 0 Å². The topological polar surface area (TPSA) is 77.6 Å². The molecule has 164 valence electrons. The Morgan fingerprint density at radius 3 is 2.65 bits per heavy atom. The summed E-state index contributed by atoms with van der Waals surface area (Å²) >= 11 is 5.92. The Kier molecular flexibility index (Phi) is 5.69. The van der Waals surface area contributed by atoms with Gasteiger partial charge in [-0.15, -0.1) is 5.10 Å². The molecule has 7 nitrogen and oxygen atoms in total. The minimum absolute atomic E-state index is 0.0123. The molecule has 3 aromatic rings. The minimum atomic E-state index is -4.66. The molecule has 0 radical (unpaired) electrons. The van der Waals surface area contributed by atoms with E-state index in [1.165, 1.54) is 17.1 Å². The van der Waals surface area contributed by atoms with E-state index in [0.717, 1.165) is 17.5 Å². The van der Waals surface area contributed by atoms with E-state index in [1.54, 1.807) is 18.2 Å². The fourth-order valence-electron chi connectivity index (χ4n) is 3.18. The Labute approximate surface area is 179 Å². The molecule has 0 saturated heterocycles. The van der Waals surface area contributed by atoms with Crippen LogP contribution in [-0.4, -0.2) is 30.5 Å². The van der Waals surface area contributed by atoms with Crippen molar-refractivity contribution in [3.05, 3.63) is 58.4 Å². The summed E-state index contributed by atoms with van der Waals surface area (Å²) in [7, 11) is 0. The number of aromatic nitrogens is 5. The highest BCUT2D eigenvalue weighted by Crippen LogP contribution is 2.46. The number of hydrogen-bond donors (Lipinski definition) is 1. The monoisotopic (exact) mass is 456 g/mol. The molecule has 0 spiro atoms. The molecule has 0 unspecified atom stereocenters. The molecule has 1 amide bonds. The van der Waals surface area contributed by atoms with E-state index in [2.05, 4.69) is 20.5 Å². The van der Waals surface area contributed by atoms with E-state index in [0.29, 0.717) is 11.3 Å². The molecule has 1 fully saturated rings. The van der Waals surface area contributed by atoms with E-state index >= 15 is 0 Å². The number of halogens is 5. The summed E-state index contributed by atoms with van der Waals surface area (Å²) in [5, 5.41) is 9.73. The van der Waals surface area contributed by atoms with Crippen LogP contribution in [0.4, 0.5) is 23.5 Å². The third-order valence-electron chi connectivity index (χ3n) is 4.79. The molecule has 1 N–H and O–H groups in total. The number of rotatable bonds is 7. The molecule has 1 saturated carbocycles. The number of anilines is 1. The van der Waals surface area contributed by atoms with Crippen molar-refractivity contribution < 1.29 is 22.4 Å². The van der Waals surface area contributed by atoms with Gasteiger partial charge in [-0.25, -0.2) is 14.1 Å². The maximum Gasteiger partial charge on any atom is 0.436 e. The van der Waals surface area contributed by atoms with Crippen molar-refractivity contribution in [1.82, 2.24) is 24.5 Å². The van der Waals surface area contributed by atoms with E-state index < -0.39 is 22.8 Å². The summed E-state index contributed by atoms with van der Waals surface area (Å²) in [5.74, 6) is -0.940. The maximum absolute atomic E-state index is 13.7. The zero-order chi connectivity index (χ0) is 22.2. The molecule has 0 atom stereocenters. The van der Waals surface area contributed by atoms with Gasteiger partial charge in [0.1, 0.15) is 12.1 Å². The summed E-state index contributed by atoms with van der Waals surface area (Å²) < 4.78 is 55.6. The fraction of sp³-hybridized carbons (Fsp3) is 0.368. The number of alkyl halides is 3. The highest BCUT2D eigenvalue weighted by molar-refractivity contribution is 6.32. The second kappa shape index (κ2) is 8.29. The van der Waals surface area contributed by atoms with Crippen LogP contribution in [0.15, 0.2) is 30.6 Å². The quantitative estimate of drug-likeness (QED) is 0.539. The number of amides is 1. The second-order valence-corrected chi connectivity index (χ2v) is 7.58. The van der Waals surface area contributed by atoms with Crippen LogP contribution in [0.1, 0.15) is 42.1 Å². The first-order valence-corrected chi connectivity index (χ1v) is 9.86. The van der Waals surface area contributed by atoms with E-state index in [-0.39, 0.29) is 37.2 Å². The van der Waals surface area contributed by atoms with Gasteiger partial charge in [0, 0.05) is 17.9 Å². The summed E-state index contributed by atoms with van der Waals surface area (Å²) in [4.78, 5) is 16.2. The third-order valence-corrected chi connectivity index (χ3v) is 5.17. The largest absolute Gasteiger partial charge is 0.436 e. The van der Waals surface area contributed by atoms with Gasteiger partial charge in [0.25, 0.3) is 0 Å². The number of benzene rings is 1. The van der Waals surface area contributed by atoms with Crippen molar-refractivity contribution >= 4 is 23.5 Å². The van der Waals surface area contributed by atoms with Crippen molar-refractivity contribution in [2.45, 2.75) is 44.4 Å².